The molecule has 23 heavy (non-hydrogen) atoms. The van der Waals surface area contributed by atoms with Gasteiger partial charge in [0.2, 0.25) is 0 Å². The highest BCUT2D eigenvalue weighted by atomic mass is 16.6. The van der Waals surface area contributed by atoms with Crippen molar-refractivity contribution in [2.24, 2.45) is 0 Å². The van der Waals surface area contributed by atoms with Gasteiger partial charge in [-0.15, -0.1) is 0 Å². The van der Waals surface area contributed by atoms with Gasteiger partial charge in [-0.25, -0.2) is 4.79 Å². The molecule has 2 rings (SSSR count). The van der Waals surface area contributed by atoms with E-state index >= 15 is 0 Å². The van der Waals surface area contributed by atoms with Crippen LogP contribution in [0.1, 0.15) is 24.5 Å². The molecule has 0 aliphatic carbocycles. The molecule has 0 aliphatic heterocycles. The van der Waals surface area contributed by atoms with Crippen molar-refractivity contribution in [3.63, 3.8) is 0 Å². The predicted octanol–water partition coefficient (Wildman–Crippen LogP) is 3.65. The van der Waals surface area contributed by atoms with Gasteiger partial charge in [0.1, 0.15) is 0 Å². The molecule has 4 heteroatoms. The summed E-state index contributed by atoms with van der Waals surface area (Å²) in [5.41, 5.74) is 1.95. The highest BCUT2D eigenvalue weighted by Gasteiger charge is 2.28. The molecule has 2 aromatic rings. The van der Waals surface area contributed by atoms with Crippen LogP contribution in [-0.4, -0.2) is 23.3 Å². The van der Waals surface area contributed by atoms with Crippen LogP contribution in [0.2, 0.25) is 0 Å². The van der Waals surface area contributed by atoms with Crippen LogP contribution in [0.4, 0.5) is 0 Å². The summed E-state index contributed by atoms with van der Waals surface area (Å²) in [7, 11) is 0. The van der Waals surface area contributed by atoms with Crippen LogP contribution in [0.15, 0.2) is 60.7 Å². The maximum absolute atomic E-state index is 11.5. The molecule has 0 aromatic heterocycles. The van der Waals surface area contributed by atoms with E-state index in [1.54, 1.807) is 0 Å². The summed E-state index contributed by atoms with van der Waals surface area (Å²) in [6.45, 7) is 2.53. The SMILES string of the molecule is CC[C@@H](OCc1ccccc1)[C@H](OCc1ccccc1)C(=O)O. The number of carbonyl (C=O) groups is 1. The van der Waals surface area contributed by atoms with E-state index in [2.05, 4.69) is 0 Å². The van der Waals surface area contributed by atoms with Crippen LogP contribution < -0.4 is 0 Å². The number of hydrogen-bond acceptors (Lipinski definition) is 3. The highest BCUT2D eigenvalue weighted by molar-refractivity contribution is 5.73. The van der Waals surface area contributed by atoms with E-state index in [-0.39, 0.29) is 6.61 Å². The second-order valence-corrected chi connectivity index (χ2v) is 5.30. The first-order chi connectivity index (χ1) is 11.2. The summed E-state index contributed by atoms with van der Waals surface area (Å²) >= 11 is 0. The minimum Gasteiger partial charge on any atom is -0.479 e. The molecule has 0 fully saturated rings. The van der Waals surface area contributed by atoms with Gasteiger partial charge in [0.15, 0.2) is 6.10 Å². The average molecular weight is 314 g/mol. The van der Waals surface area contributed by atoms with Gasteiger partial charge < -0.3 is 14.6 Å². The fourth-order valence-corrected chi connectivity index (χ4v) is 2.29. The summed E-state index contributed by atoms with van der Waals surface area (Å²) in [6.07, 6.45) is -0.904. The molecular formula is C19H22O4. The van der Waals surface area contributed by atoms with Crippen LogP contribution in [0.5, 0.6) is 0 Å². The van der Waals surface area contributed by atoms with Crippen molar-refractivity contribution < 1.29 is 19.4 Å². The van der Waals surface area contributed by atoms with Gasteiger partial charge in [-0.3, -0.25) is 0 Å². The third-order valence-electron chi connectivity index (χ3n) is 3.56. The maximum Gasteiger partial charge on any atom is 0.335 e. The number of ether oxygens (including phenoxy) is 2. The topological polar surface area (TPSA) is 55.8 Å². The number of carboxylic acids is 1. The monoisotopic (exact) mass is 314 g/mol. The largest absolute Gasteiger partial charge is 0.479 e. The zero-order valence-corrected chi connectivity index (χ0v) is 13.2. The molecule has 2 aromatic carbocycles. The minimum atomic E-state index is -0.999. The van der Waals surface area contributed by atoms with Gasteiger partial charge in [-0.1, -0.05) is 67.6 Å². The van der Waals surface area contributed by atoms with Crippen molar-refractivity contribution in [1.82, 2.24) is 0 Å². The fourth-order valence-electron chi connectivity index (χ4n) is 2.29. The lowest BCUT2D eigenvalue weighted by Crippen LogP contribution is -2.38. The Balaban J connectivity index is 1.94. The van der Waals surface area contributed by atoms with Crippen LogP contribution in [0, 0.1) is 0 Å². The Labute approximate surface area is 136 Å². The summed E-state index contributed by atoms with van der Waals surface area (Å²) in [6, 6.07) is 19.2. The van der Waals surface area contributed by atoms with E-state index in [0.29, 0.717) is 13.0 Å². The van der Waals surface area contributed by atoms with Crippen molar-refractivity contribution in [3.8, 4) is 0 Å². The molecule has 0 aliphatic rings. The normalized spacial score (nSPS) is 13.4. The second-order valence-electron chi connectivity index (χ2n) is 5.30. The zero-order chi connectivity index (χ0) is 16.5. The Hall–Kier alpha value is -2.17. The number of benzene rings is 2. The Morgan fingerprint density at radius 1 is 0.913 bits per heavy atom. The van der Waals surface area contributed by atoms with Gasteiger partial charge in [0, 0.05) is 0 Å². The molecule has 4 nitrogen and oxygen atoms in total. The molecule has 2 atom stereocenters. The number of aliphatic carboxylic acids is 1. The summed E-state index contributed by atoms with van der Waals surface area (Å²) in [4.78, 5) is 11.5. The maximum atomic E-state index is 11.5. The molecule has 122 valence electrons. The number of carboxylic acid groups (broad SMARTS) is 1. The first kappa shape index (κ1) is 17.2. The fraction of sp³-hybridized carbons (Fsp3) is 0.316. The van der Waals surface area contributed by atoms with Crippen molar-refractivity contribution in [1.29, 1.82) is 0 Å². The van der Waals surface area contributed by atoms with Gasteiger partial charge in [0.05, 0.1) is 19.3 Å². The standard InChI is InChI=1S/C19H22O4/c1-2-17(22-13-15-9-5-3-6-10-15)18(19(20)21)23-14-16-11-7-4-8-12-16/h3-12,17-18H,2,13-14H2,1H3,(H,20,21)/t17-,18+/m1/s1. The van der Waals surface area contributed by atoms with Crippen molar-refractivity contribution in [3.05, 3.63) is 71.8 Å². The lowest BCUT2D eigenvalue weighted by atomic mass is 10.1. The quantitative estimate of drug-likeness (QED) is 0.767. The van der Waals surface area contributed by atoms with Crippen LogP contribution in [0.25, 0.3) is 0 Å². The zero-order valence-electron chi connectivity index (χ0n) is 13.2. The van der Waals surface area contributed by atoms with Gasteiger partial charge in [-0.05, 0) is 17.5 Å². The lowest BCUT2D eigenvalue weighted by Gasteiger charge is -2.23. The van der Waals surface area contributed by atoms with Crippen molar-refractivity contribution in [2.45, 2.75) is 38.8 Å². The Kier molecular flexibility index (Phi) is 6.78. The third kappa shape index (κ3) is 5.51. The smallest absolute Gasteiger partial charge is 0.335 e. The molecule has 0 radical (unpaired) electrons. The van der Waals surface area contributed by atoms with Crippen LogP contribution in [0.3, 0.4) is 0 Å². The van der Waals surface area contributed by atoms with Gasteiger partial charge in [-0.2, -0.15) is 0 Å². The molecule has 0 spiro atoms. The van der Waals surface area contributed by atoms with Gasteiger partial charge >= 0.3 is 5.97 Å². The Bertz CT molecular complexity index is 583. The summed E-state index contributed by atoms with van der Waals surface area (Å²) < 4.78 is 11.4. The van der Waals surface area contributed by atoms with Gasteiger partial charge in [0.25, 0.3) is 0 Å². The number of hydrogen-bond donors (Lipinski definition) is 1. The minimum absolute atomic E-state index is 0.253. The van der Waals surface area contributed by atoms with E-state index in [4.69, 9.17) is 9.47 Å². The van der Waals surface area contributed by atoms with Crippen molar-refractivity contribution in [2.75, 3.05) is 0 Å². The van der Waals surface area contributed by atoms with Crippen LogP contribution in [-0.2, 0) is 27.5 Å². The van der Waals surface area contributed by atoms with Crippen molar-refractivity contribution >= 4 is 5.97 Å². The van der Waals surface area contributed by atoms with Crippen LogP contribution >= 0.6 is 0 Å². The third-order valence-corrected chi connectivity index (χ3v) is 3.56. The molecule has 0 amide bonds. The predicted molar refractivity (Wildman–Crippen MR) is 88.0 cm³/mol. The van der Waals surface area contributed by atoms with E-state index in [1.165, 1.54) is 0 Å². The van der Waals surface area contributed by atoms with E-state index in [9.17, 15) is 9.90 Å². The van der Waals surface area contributed by atoms with E-state index < -0.39 is 18.2 Å². The van der Waals surface area contributed by atoms with E-state index in [0.717, 1.165) is 11.1 Å². The molecule has 0 unspecified atom stereocenters. The summed E-state index contributed by atoms with van der Waals surface area (Å²) in [5.74, 6) is -0.999. The molecule has 0 saturated carbocycles. The molecule has 1 N–H and O–H groups in total. The Morgan fingerprint density at radius 3 is 1.83 bits per heavy atom. The first-order valence-electron chi connectivity index (χ1n) is 7.74. The molecule has 0 bridgehead atoms. The second kappa shape index (κ2) is 9.08. The molecular weight excluding hydrogens is 292 g/mol. The first-order valence-corrected chi connectivity index (χ1v) is 7.74. The van der Waals surface area contributed by atoms with E-state index in [1.807, 2.05) is 67.6 Å². The average Bonchev–Trinajstić information content (AvgIpc) is 2.59. The summed E-state index contributed by atoms with van der Waals surface area (Å²) in [5, 5.41) is 9.44. The number of rotatable bonds is 9. The lowest BCUT2D eigenvalue weighted by molar-refractivity contribution is -0.165. The molecule has 0 saturated heterocycles. The molecule has 0 heterocycles. The highest BCUT2D eigenvalue weighted by Crippen LogP contribution is 2.14. The Morgan fingerprint density at radius 2 is 1.39 bits per heavy atom.